The summed E-state index contributed by atoms with van der Waals surface area (Å²) in [5.41, 5.74) is 6.25. The lowest BCUT2D eigenvalue weighted by molar-refractivity contribution is -0.142. The number of Topliss-reactive ketones (excluding diaryl/α,β-unsaturated/α-hetero) is 1. The topological polar surface area (TPSA) is 100 Å². The zero-order valence-electron chi connectivity index (χ0n) is 23.3. The minimum Gasteiger partial charge on any atom is -0.496 e. The Bertz CT molecular complexity index is 1420. The van der Waals surface area contributed by atoms with Gasteiger partial charge in [0.2, 0.25) is 5.91 Å². The molecule has 8 nitrogen and oxygen atoms in total. The van der Waals surface area contributed by atoms with Crippen LogP contribution in [-0.2, 0) is 22.6 Å². The molecule has 2 aromatic carbocycles. The van der Waals surface area contributed by atoms with E-state index in [1.165, 1.54) is 12.0 Å². The van der Waals surface area contributed by atoms with E-state index < -0.39 is 18.2 Å². The third-order valence-corrected chi connectivity index (χ3v) is 8.90. The van der Waals surface area contributed by atoms with Gasteiger partial charge in [0.1, 0.15) is 11.8 Å². The first-order valence-electron chi connectivity index (χ1n) is 13.7. The Morgan fingerprint density at radius 2 is 1.93 bits per heavy atom. The predicted octanol–water partition coefficient (Wildman–Crippen LogP) is 4.27. The number of fused-ring (bicyclic) bond motifs is 1. The standard InChI is InChI=1S/C31H35N3O5S/c1-18(2)28(34-15-22-6-5-7-26(39-4)27(22)30(34)37)31(38)33-16-23(35)14-24(33)25(36)13-10-20-8-11-21(12-9-20)29-19(3)32-17-40-29/h5-9,11-12,17-18,23-24,28,35H,10,13-16H2,1-4H3/t23-,24+,28+/m1/s1. The van der Waals surface area contributed by atoms with E-state index >= 15 is 0 Å². The number of hydrogen-bond donors (Lipinski definition) is 1. The molecule has 1 N–H and O–H groups in total. The fourth-order valence-electron chi connectivity index (χ4n) is 5.89. The third kappa shape index (κ3) is 5.28. The van der Waals surface area contributed by atoms with Crippen LogP contribution in [0.1, 0.15) is 53.9 Å². The van der Waals surface area contributed by atoms with Crippen molar-refractivity contribution in [1.29, 1.82) is 0 Å². The molecule has 1 saturated heterocycles. The molecule has 0 unspecified atom stereocenters. The van der Waals surface area contributed by atoms with Crippen molar-refractivity contribution in [3.05, 3.63) is 70.4 Å². The number of amides is 2. The molecule has 2 aliphatic rings. The van der Waals surface area contributed by atoms with Crippen LogP contribution in [0.25, 0.3) is 10.4 Å². The number of aromatic nitrogens is 1. The number of methoxy groups -OCH3 is 1. The fourth-order valence-corrected chi connectivity index (χ4v) is 6.70. The van der Waals surface area contributed by atoms with E-state index in [-0.39, 0.29) is 42.9 Å². The molecule has 0 spiro atoms. The number of aryl methyl sites for hydroxylation is 2. The van der Waals surface area contributed by atoms with E-state index in [2.05, 4.69) is 4.98 Å². The van der Waals surface area contributed by atoms with Gasteiger partial charge in [-0.25, -0.2) is 4.98 Å². The molecule has 2 aliphatic heterocycles. The molecule has 0 radical (unpaired) electrons. The van der Waals surface area contributed by atoms with Gasteiger partial charge in [0, 0.05) is 25.9 Å². The Kier molecular flexibility index (Phi) is 8.05. The van der Waals surface area contributed by atoms with Crippen LogP contribution in [-0.4, -0.2) is 69.3 Å². The molecule has 1 fully saturated rings. The molecule has 0 aliphatic carbocycles. The molecular formula is C31H35N3O5S. The van der Waals surface area contributed by atoms with Crippen LogP contribution < -0.4 is 4.74 Å². The normalized spacial score (nSPS) is 19.3. The van der Waals surface area contributed by atoms with Crippen LogP contribution in [0.15, 0.2) is 48.0 Å². The summed E-state index contributed by atoms with van der Waals surface area (Å²) in [5.74, 6) is -0.327. The van der Waals surface area contributed by atoms with Gasteiger partial charge in [-0.05, 0) is 42.0 Å². The number of ether oxygens (including phenoxy) is 1. The predicted molar refractivity (Wildman–Crippen MR) is 153 cm³/mol. The number of aliphatic hydroxyl groups is 1. The number of β-amino-alcohol motifs (C(OH)–C–C–N with tert-alkyl or cyclic N) is 1. The first kappa shape index (κ1) is 28.0. The van der Waals surface area contributed by atoms with Crippen molar-refractivity contribution in [3.63, 3.8) is 0 Å². The van der Waals surface area contributed by atoms with Crippen molar-refractivity contribution in [2.45, 2.75) is 64.8 Å². The van der Waals surface area contributed by atoms with Gasteiger partial charge in [-0.2, -0.15) is 0 Å². The number of carbonyl (C=O) groups is 3. The van der Waals surface area contributed by atoms with Crippen LogP contribution in [0.4, 0.5) is 0 Å². The molecule has 210 valence electrons. The molecule has 2 amide bonds. The van der Waals surface area contributed by atoms with Crippen LogP contribution in [0, 0.1) is 12.8 Å². The summed E-state index contributed by atoms with van der Waals surface area (Å²) in [6, 6.07) is 12.1. The van der Waals surface area contributed by atoms with Gasteiger partial charge in [0.25, 0.3) is 5.91 Å². The van der Waals surface area contributed by atoms with Gasteiger partial charge in [-0.3, -0.25) is 14.4 Å². The highest BCUT2D eigenvalue weighted by Crippen LogP contribution is 2.35. The first-order valence-corrected chi connectivity index (χ1v) is 14.5. The lowest BCUT2D eigenvalue weighted by Crippen LogP contribution is -2.54. The minimum atomic E-state index is -0.779. The SMILES string of the molecule is COc1cccc2c1C(=O)N([C@H](C(=O)N1C[C@H](O)C[C@H]1C(=O)CCc1ccc(-c3scnc3C)cc1)C(C)C)C2. The Morgan fingerprint density at radius 3 is 2.58 bits per heavy atom. The third-order valence-electron chi connectivity index (χ3n) is 7.92. The highest BCUT2D eigenvalue weighted by atomic mass is 32.1. The summed E-state index contributed by atoms with van der Waals surface area (Å²) < 4.78 is 5.41. The van der Waals surface area contributed by atoms with E-state index in [0.29, 0.717) is 24.3 Å². The zero-order valence-corrected chi connectivity index (χ0v) is 24.1. The minimum absolute atomic E-state index is 0.0764. The summed E-state index contributed by atoms with van der Waals surface area (Å²) in [6.07, 6.45) is 0.237. The lowest BCUT2D eigenvalue weighted by Gasteiger charge is -2.35. The number of rotatable bonds is 9. The second kappa shape index (κ2) is 11.5. The Balaban J connectivity index is 1.29. The van der Waals surface area contributed by atoms with Gasteiger partial charge < -0.3 is 19.6 Å². The number of thiazole rings is 1. The van der Waals surface area contributed by atoms with E-state index in [0.717, 1.165) is 27.3 Å². The number of benzene rings is 2. The zero-order chi connectivity index (χ0) is 28.6. The number of aliphatic hydroxyl groups excluding tert-OH is 1. The maximum Gasteiger partial charge on any atom is 0.258 e. The van der Waals surface area contributed by atoms with Crippen LogP contribution >= 0.6 is 11.3 Å². The van der Waals surface area contributed by atoms with E-state index in [4.69, 9.17) is 4.74 Å². The maximum atomic E-state index is 14.0. The summed E-state index contributed by atoms with van der Waals surface area (Å²) in [5, 5.41) is 10.5. The van der Waals surface area contributed by atoms with Crippen molar-refractivity contribution < 1.29 is 24.2 Å². The van der Waals surface area contributed by atoms with Crippen molar-refractivity contribution in [2.24, 2.45) is 5.92 Å². The van der Waals surface area contributed by atoms with E-state index in [1.807, 2.05) is 62.7 Å². The van der Waals surface area contributed by atoms with Crippen LogP contribution in [0.5, 0.6) is 5.75 Å². The molecule has 9 heteroatoms. The fraction of sp³-hybridized carbons (Fsp3) is 0.419. The van der Waals surface area contributed by atoms with Gasteiger partial charge in [0.05, 0.1) is 40.9 Å². The van der Waals surface area contributed by atoms with E-state index in [1.54, 1.807) is 22.3 Å². The number of likely N-dealkylation sites (tertiary alicyclic amines) is 1. The summed E-state index contributed by atoms with van der Waals surface area (Å²) in [6.45, 7) is 6.17. The molecule has 0 saturated carbocycles. The van der Waals surface area contributed by atoms with Gasteiger partial charge >= 0.3 is 0 Å². The molecule has 1 aromatic heterocycles. The van der Waals surface area contributed by atoms with Crippen LogP contribution in [0.3, 0.4) is 0 Å². The van der Waals surface area contributed by atoms with Crippen molar-refractivity contribution >= 4 is 28.9 Å². The van der Waals surface area contributed by atoms with Gasteiger partial charge in [-0.1, -0.05) is 50.2 Å². The molecule has 3 atom stereocenters. The highest BCUT2D eigenvalue weighted by molar-refractivity contribution is 7.13. The Labute approximate surface area is 238 Å². The monoisotopic (exact) mass is 561 g/mol. The Morgan fingerprint density at radius 1 is 1.18 bits per heavy atom. The largest absolute Gasteiger partial charge is 0.496 e. The molecule has 0 bridgehead atoms. The Hall–Kier alpha value is -3.56. The maximum absolute atomic E-state index is 14.0. The van der Waals surface area contributed by atoms with Crippen molar-refractivity contribution in [1.82, 2.24) is 14.8 Å². The van der Waals surface area contributed by atoms with E-state index in [9.17, 15) is 19.5 Å². The summed E-state index contributed by atoms with van der Waals surface area (Å²) >= 11 is 1.60. The van der Waals surface area contributed by atoms with Crippen molar-refractivity contribution in [2.75, 3.05) is 13.7 Å². The molecular weight excluding hydrogens is 526 g/mol. The number of ketones is 1. The molecule has 5 rings (SSSR count). The second-order valence-electron chi connectivity index (χ2n) is 10.9. The molecule has 3 aromatic rings. The summed E-state index contributed by atoms with van der Waals surface area (Å²) in [7, 11) is 1.52. The number of carbonyl (C=O) groups excluding carboxylic acids is 3. The molecule has 3 heterocycles. The van der Waals surface area contributed by atoms with Crippen LogP contribution in [0.2, 0.25) is 0 Å². The van der Waals surface area contributed by atoms with Crippen molar-refractivity contribution in [3.8, 4) is 16.2 Å². The quantitative estimate of drug-likeness (QED) is 0.419. The highest BCUT2D eigenvalue weighted by Gasteiger charge is 2.46. The van der Waals surface area contributed by atoms with Gasteiger partial charge in [0.15, 0.2) is 5.78 Å². The molecule has 40 heavy (non-hydrogen) atoms. The van der Waals surface area contributed by atoms with Gasteiger partial charge in [-0.15, -0.1) is 11.3 Å². The lowest BCUT2D eigenvalue weighted by atomic mass is 9.98. The number of hydrogen-bond acceptors (Lipinski definition) is 7. The first-order chi connectivity index (χ1) is 19.2. The average Bonchev–Trinajstić information content (AvgIpc) is 3.64. The second-order valence-corrected chi connectivity index (χ2v) is 11.8. The summed E-state index contributed by atoms with van der Waals surface area (Å²) in [4.78, 5) is 49.4. The number of nitrogens with zero attached hydrogens (tertiary/aromatic N) is 3. The smallest absolute Gasteiger partial charge is 0.258 e. The average molecular weight is 562 g/mol.